The molecule has 0 fully saturated rings. The molecule has 0 aromatic carbocycles. The van der Waals surface area contributed by atoms with Gasteiger partial charge in [-0.1, -0.05) is 11.2 Å². The van der Waals surface area contributed by atoms with E-state index in [0.717, 1.165) is 35.6 Å². The number of nitrogens with one attached hydrogen (secondary N) is 1. The maximum absolute atomic E-state index is 4.64. The fourth-order valence-electron chi connectivity index (χ4n) is 1.27. The minimum atomic E-state index is 0.717. The van der Waals surface area contributed by atoms with Crippen molar-refractivity contribution in [1.82, 2.24) is 20.4 Å². The van der Waals surface area contributed by atoms with E-state index in [9.17, 15) is 0 Å². The summed E-state index contributed by atoms with van der Waals surface area (Å²) in [6.07, 6.45) is 2.09. The van der Waals surface area contributed by atoms with Gasteiger partial charge in [0.25, 0.3) is 0 Å². The first-order valence-electron chi connectivity index (χ1n) is 4.92. The lowest BCUT2D eigenvalue weighted by molar-refractivity contribution is 0.409. The molecule has 0 aliphatic rings. The summed E-state index contributed by atoms with van der Waals surface area (Å²) in [6, 6.07) is 5.85. The lowest BCUT2D eigenvalue weighted by Gasteiger charge is -2.02. The van der Waals surface area contributed by atoms with E-state index in [0.29, 0.717) is 0 Å². The third-order valence-electron chi connectivity index (χ3n) is 2.01. The Bertz CT molecular complexity index is 432. The fourth-order valence-corrected chi connectivity index (χ4v) is 1.65. The number of aromatic nitrogens is 3. The van der Waals surface area contributed by atoms with E-state index in [1.54, 1.807) is 0 Å². The van der Waals surface area contributed by atoms with Crippen molar-refractivity contribution in [3.05, 3.63) is 40.7 Å². The van der Waals surface area contributed by atoms with Crippen LogP contribution in [0.4, 0.5) is 0 Å². The lowest BCUT2D eigenvalue weighted by atomic mass is 10.3. The molecule has 0 bridgehead atoms. The van der Waals surface area contributed by atoms with Gasteiger partial charge in [-0.3, -0.25) is 0 Å². The molecule has 0 spiro atoms. The summed E-state index contributed by atoms with van der Waals surface area (Å²) >= 11 is 3.33. The molecule has 2 rings (SSSR count). The van der Waals surface area contributed by atoms with Crippen molar-refractivity contribution >= 4 is 15.9 Å². The lowest BCUT2D eigenvalue weighted by Crippen LogP contribution is -2.17. The van der Waals surface area contributed by atoms with Crippen LogP contribution in [0.3, 0.4) is 0 Å². The SMILES string of the molecule is Brc1cccc(CNCCc2ncon2)n1. The van der Waals surface area contributed by atoms with Gasteiger partial charge >= 0.3 is 0 Å². The average Bonchev–Trinajstić information content (AvgIpc) is 2.77. The van der Waals surface area contributed by atoms with Crippen molar-refractivity contribution in [2.24, 2.45) is 0 Å². The second-order valence-corrected chi connectivity index (χ2v) is 4.04. The van der Waals surface area contributed by atoms with Gasteiger partial charge in [-0.25, -0.2) is 4.98 Å². The van der Waals surface area contributed by atoms with Crippen LogP contribution < -0.4 is 5.32 Å². The van der Waals surface area contributed by atoms with Crippen LogP contribution in [0.1, 0.15) is 11.5 Å². The van der Waals surface area contributed by atoms with Crippen LogP contribution in [0.2, 0.25) is 0 Å². The number of pyridine rings is 1. The van der Waals surface area contributed by atoms with Gasteiger partial charge in [0.1, 0.15) is 4.60 Å². The minimum absolute atomic E-state index is 0.717. The standard InChI is InChI=1S/C10H11BrN4O/c11-9-3-1-2-8(14-9)6-12-5-4-10-13-7-16-15-10/h1-3,7,12H,4-6H2. The Kier molecular flexibility index (Phi) is 4.01. The molecule has 0 atom stereocenters. The molecule has 2 aromatic rings. The Labute approximate surface area is 101 Å². The molecule has 6 heteroatoms. The average molecular weight is 283 g/mol. The third-order valence-corrected chi connectivity index (χ3v) is 2.45. The molecule has 1 N–H and O–H groups in total. The first kappa shape index (κ1) is 11.2. The van der Waals surface area contributed by atoms with E-state index in [1.165, 1.54) is 6.39 Å². The normalized spacial score (nSPS) is 10.6. The Morgan fingerprint density at radius 1 is 1.38 bits per heavy atom. The van der Waals surface area contributed by atoms with Gasteiger partial charge in [-0.15, -0.1) is 0 Å². The number of hydrogen-bond donors (Lipinski definition) is 1. The maximum Gasteiger partial charge on any atom is 0.213 e. The van der Waals surface area contributed by atoms with Crippen molar-refractivity contribution in [1.29, 1.82) is 0 Å². The fraction of sp³-hybridized carbons (Fsp3) is 0.300. The number of rotatable bonds is 5. The topological polar surface area (TPSA) is 63.8 Å². The van der Waals surface area contributed by atoms with E-state index >= 15 is 0 Å². The second kappa shape index (κ2) is 5.72. The number of nitrogens with zero attached hydrogens (tertiary/aromatic N) is 3. The number of halogens is 1. The summed E-state index contributed by atoms with van der Waals surface area (Å²) in [5, 5.41) is 6.99. The van der Waals surface area contributed by atoms with Crippen LogP contribution in [-0.4, -0.2) is 21.7 Å². The van der Waals surface area contributed by atoms with Gasteiger partial charge < -0.3 is 9.84 Å². The summed E-state index contributed by atoms with van der Waals surface area (Å²) in [4.78, 5) is 8.25. The molecule has 0 radical (unpaired) electrons. The highest BCUT2D eigenvalue weighted by Crippen LogP contribution is 2.05. The van der Waals surface area contributed by atoms with Crippen molar-refractivity contribution < 1.29 is 4.52 Å². The largest absolute Gasteiger partial charge is 0.343 e. The van der Waals surface area contributed by atoms with Crippen molar-refractivity contribution in [3.63, 3.8) is 0 Å². The predicted octanol–water partition coefficient (Wildman–Crippen LogP) is 1.56. The Morgan fingerprint density at radius 2 is 2.31 bits per heavy atom. The first-order chi connectivity index (χ1) is 7.84. The van der Waals surface area contributed by atoms with Crippen LogP contribution in [0, 0.1) is 0 Å². The van der Waals surface area contributed by atoms with Crippen molar-refractivity contribution in [2.45, 2.75) is 13.0 Å². The Hall–Kier alpha value is -1.27. The molecule has 0 saturated heterocycles. The van der Waals surface area contributed by atoms with Crippen LogP contribution in [0.5, 0.6) is 0 Å². The van der Waals surface area contributed by atoms with Crippen LogP contribution in [0.15, 0.2) is 33.7 Å². The van der Waals surface area contributed by atoms with Crippen LogP contribution in [-0.2, 0) is 13.0 Å². The second-order valence-electron chi connectivity index (χ2n) is 3.23. The molecule has 0 aliphatic heterocycles. The molecule has 0 saturated carbocycles. The summed E-state index contributed by atoms with van der Waals surface area (Å²) in [6.45, 7) is 1.53. The Morgan fingerprint density at radius 3 is 3.06 bits per heavy atom. The van der Waals surface area contributed by atoms with E-state index in [2.05, 4.69) is 40.9 Å². The molecule has 16 heavy (non-hydrogen) atoms. The zero-order valence-corrected chi connectivity index (χ0v) is 10.1. The third kappa shape index (κ3) is 3.39. The van der Waals surface area contributed by atoms with Gasteiger partial charge in [-0.05, 0) is 28.1 Å². The van der Waals surface area contributed by atoms with E-state index < -0.39 is 0 Å². The smallest absolute Gasteiger partial charge is 0.213 e. The molecule has 0 unspecified atom stereocenters. The molecule has 0 amide bonds. The molecule has 5 nitrogen and oxygen atoms in total. The minimum Gasteiger partial charge on any atom is -0.343 e. The monoisotopic (exact) mass is 282 g/mol. The summed E-state index contributed by atoms with van der Waals surface area (Å²) in [5.41, 5.74) is 1.00. The van der Waals surface area contributed by atoms with Crippen molar-refractivity contribution in [3.8, 4) is 0 Å². The van der Waals surface area contributed by atoms with Gasteiger partial charge in [0.15, 0.2) is 5.82 Å². The molecule has 2 aromatic heterocycles. The van der Waals surface area contributed by atoms with Gasteiger partial charge in [-0.2, -0.15) is 4.98 Å². The summed E-state index contributed by atoms with van der Waals surface area (Å²) < 4.78 is 5.49. The highest BCUT2D eigenvalue weighted by molar-refractivity contribution is 9.10. The Balaban J connectivity index is 1.72. The molecular weight excluding hydrogens is 272 g/mol. The molecule has 2 heterocycles. The zero-order chi connectivity index (χ0) is 11.2. The predicted molar refractivity (Wildman–Crippen MR) is 61.6 cm³/mol. The molecule has 0 aliphatic carbocycles. The van der Waals surface area contributed by atoms with Crippen molar-refractivity contribution in [2.75, 3.05) is 6.54 Å². The zero-order valence-electron chi connectivity index (χ0n) is 8.56. The van der Waals surface area contributed by atoms with E-state index in [4.69, 9.17) is 0 Å². The van der Waals surface area contributed by atoms with Gasteiger partial charge in [0, 0.05) is 19.5 Å². The molecule has 84 valence electrons. The van der Waals surface area contributed by atoms with Crippen LogP contribution >= 0.6 is 15.9 Å². The highest BCUT2D eigenvalue weighted by Gasteiger charge is 1.98. The van der Waals surface area contributed by atoms with Gasteiger partial charge in [0.05, 0.1) is 5.69 Å². The van der Waals surface area contributed by atoms with Gasteiger partial charge in [0.2, 0.25) is 6.39 Å². The molecular formula is C10H11BrN4O. The quantitative estimate of drug-likeness (QED) is 0.666. The highest BCUT2D eigenvalue weighted by atomic mass is 79.9. The number of hydrogen-bond acceptors (Lipinski definition) is 5. The van der Waals surface area contributed by atoms with E-state index in [1.807, 2.05) is 18.2 Å². The summed E-state index contributed by atoms with van der Waals surface area (Å²) in [5.74, 6) is 0.717. The maximum atomic E-state index is 4.64. The first-order valence-corrected chi connectivity index (χ1v) is 5.71. The van der Waals surface area contributed by atoms with E-state index in [-0.39, 0.29) is 0 Å². The van der Waals surface area contributed by atoms with Crippen LogP contribution in [0.25, 0.3) is 0 Å². The summed E-state index contributed by atoms with van der Waals surface area (Å²) in [7, 11) is 0.